The molecule has 0 aliphatic carbocycles. The van der Waals surface area contributed by atoms with Crippen LogP contribution < -0.4 is 25.7 Å². The summed E-state index contributed by atoms with van der Waals surface area (Å²) in [5, 5.41) is 4.89. The van der Waals surface area contributed by atoms with Crippen LogP contribution in [0.1, 0.15) is 82.5 Å². The van der Waals surface area contributed by atoms with E-state index in [2.05, 4.69) is 46.1 Å². The Morgan fingerprint density at radius 1 is 0.917 bits per heavy atom. The smallest absolute Gasteiger partial charge is 0.317 e. The van der Waals surface area contributed by atoms with Crippen molar-refractivity contribution in [3.05, 3.63) is 80.3 Å². The van der Waals surface area contributed by atoms with Crippen LogP contribution in [0.2, 0.25) is 0 Å². The third kappa shape index (κ3) is 7.21. The van der Waals surface area contributed by atoms with Crippen molar-refractivity contribution in [1.82, 2.24) is 34.8 Å². The topological polar surface area (TPSA) is 163 Å². The summed E-state index contributed by atoms with van der Waals surface area (Å²) in [6.07, 6.45) is 4.66. The fourth-order valence-corrected chi connectivity index (χ4v) is 9.62. The third-order valence-electron chi connectivity index (χ3n) is 13.1. The molecule has 1 unspecified atom stereocenters. The van der Waals surface area contributed by atoms with Gasteiger partial charge in [0, 0.05) is 82.7 Å². The number of nitrogens with zero attached hydrogens (tertiary/aromatic N) is 5. The largest absolute Gasteiger partial charge is 0.496 e. The first kappa shape index (κ1) is 40.8. The van der Waals surface area contributed by atoms with Crippen LogP contribution in [0.25, 0.3) is 11.1 Å². The van der Waals surface area contributed by atoms with Gasteiger partial charge in [-0.05, 0) is 86.4 Å². The molecule has 5 aliphatic heterocycles. The second-order valence-corrected chi connectivity index (χ2v) is 17.2. The van der Waals surface area contributed by atoms with E-state index in [1.165, 1.54) is 0 Å². The van der Waals surface area contributed by atoms with Gasteiger partial charge in [0.2, 0.25) is 11.8 Å². The Morgan fingerprint density at radius 3 is 2.25 bits per heavy atom. The minimum absolute atomic E-state index is 0.0674. The number of hydrogen-bond donors (Lipinski definition) is 2. The molecule has 0 saturated carbocycles. The molecule has 0 bridgehead atoms. The number of rotatable bonds is 7. The summed E-state index contributed by atoms with van der Waals surface area (Å²) in [7, 11) is 6.66. The van der Waals surface area contributed by atoms with Crippen molar-refractivity contribution >= 4 is 29.7 Å². The van der Waals surface area contributed by atoms with E-state index in [4.69, 9.17) is 9.47 Å². The molecule has 1 atom stereocenters. The predicted octanol–water partition coefficient (Wildman–Crippen LogP) is 2.90. The van der Waals surface area contributed by atoms with Crippen LogP contribution in [0.5, 0.6) is 11.5 Å². The lowest BCUT2D eigenvalue weighted by Crippen LogP contribution is -2.61. The van der Waals surface area contributed by atoms with Crippen molar-refractivity contribution in [1.29, 1.82) is 0 Å². The summed E-state index contributed by atoms with van der Waals surface area (Å²) in [6, 6.07) is 7.78. The number of carbonyl (C=O) groups is 5. The summed E-state index contributed by atoms with van der Waals surface area (Å²) >= 11 is 0. The number of likely N-dealkylation sites (tertiary alicyclic amines) is 2. The Labute approximate surface area is 348 Å². The lowest BCUT2D eigenvalue weighted by molar-refractivity contribution is -0.136. The van der Waals surface area contributed by atoms with Gasteiger partial charge in [-0.15, -0.1) is 0 Å². The third-order valence-corrected chi connectivity index (χ3v) is 13.1. The molecule has 60 heavy (non-hydrogen) atoms. The van der Waals surface area contributed by atoms with Crippen LogP contribution in [0.4, 0.5) is 4.79 Å². The van der Waals surface area contributed by atoms with Crippen molar-refractivity contribution in [3.63, 3.8) is 0 Å². The maximum Gasteiger partial charge on any atom is 0.317 e. The Morgan fingerprint density at radius 2 is 1.60 bits per heavy atom. The number of benzene rings is 2. The van der Waals surface area contributed by atoms with Crippen LogP contribution in [-0.4, -0.2) is 119 Å². The maximum atomic E-state index is 13.3. The van der Waals surface area contributed by atoms with Crippen molar-refractivity contribution in [2.75, 3.05) is 54.0 Å². The van der Waals surface area contributed by atoms with Gasteiger partial charge in [-0.1, -0.05) is 11.8 Å². The van der Waals surface area contributed by atoms with Crippen LogP contribution in [0, 0.1) is 17.3 Å². The molecule has 3 saturated heterocycles. The van der Waals surface area contributed by atoms with Crippen molar-refractivity contribution in [3.8, 4) is 34.5 Å². The number of piperidine rings is 2. The normalized spacial score (nSPS) is 20.2. The number of fused-ring (bicyclic) bond motifs is 2. The fraction of sp³-hybridized carbons (Fsp3) is 0.467. The Balaban J connectivity index is 0.908. The van der Waals surface area contributed by atoms with E-state index in [1.54, 1.807) is 56.0 Å². The average Bonchev–Trinajstić information content (AvgIpc) is 3.48. The van der Waals surface area contributed by atoms with Gasteiger partial charge < -0.3 is 24.3 Å². The standard InChI is InChI=1S/C45H51N7O8/c1-44(2,13-11-27-7-8-30-31(19-27)42(57)52(41(30)56)35-9-10-38(53)47-39(35)54)51-17-14-45(15-18-51)25-49(26-45)23-34-36(59-5)20-28(21-37(34)60-6)32-22-48(4)40(55)33-24-50(43(58)46-3)16-12-29(32)33/h7-8,19-22,35H,9-10,12,14-18,23-26H2,1-6H3,(H,46,58)(H,47,53,54). The monoisotopic (exact) mass is 817 g/mol. The van der Waals surface area contributed by atoms with E-state index >= 15 is 0 Å². The van der Waals surface area contributed by atoms with Crippen molar-refractivity contribution in [2.45, 2.75) is 70.6 Å². The summed E-state index contributed by atoms with van der Waals surface area (Å²) in [5.74, 6) is 5.97. The van der Waals surface area contributed by atoms with Crippen LogP contribution in [-0.2, 0) is 36.1 Å². The second kappa shape index (κ2) is 15.6. The molecule has 6 amide bonds. The summed E-state index contributed by atoms with van der Waals surface area (Å²) in [5.41, 5.74) is 5.06. The molecule has 314 valence electrons. The molecule has 1 spiro atoms. The molecule has 0 radical (unpaired) electrons. The first-order valence-corrected chi connectivity index (χ1v) is 20.5. The Bertz CT molecular complexity index is 2420. The zero-order valence-electron chi connectivity index (χ0n) is 35.0. The molecule has 1 aromatic heterocycles. The van der Waals surface area contributed by atoms with E-state index in [9.17, 15) is 28.8 Å². The zero-order valence-corrected chi connectivity index (χ0v) is 35.0. The summed E-state index contributed by atoms with van der Waals surface area (Å²) < 4.78 is 13.5. The van der Waals surface area contributed by atoms with Crippen LogP contribution >= 0.6 is 0 Å². The van der Waals surface area contributed by atoms with Crippen molar-refractivity contribution < 1.29 is 33.4 Å². The van der Waals surface area contributed by atoms with Gasteiger partial charge in [-0.3, -0.25) is 44.0 Å². The molecule has 5 aliphatic rings. The molecule has 3 fully saturated rings. The van der Waals surface area contributed by atoms with E-state index in [0.29, 0.717) is 30.6 Å². The lowest BCUT2D eigenvalue weighted by atomic mass is 9.71. The number of aryl methyl sites for hydroxylation is 1. The molecular weight excluding hydrogens is 767 g/mol. The number of urea groups is 1. The van der Waals surface area contributed by atoms with Crippen molar-refractivity contribution in [2.24, 2.45) is 12.5 Å². The number of nitrogens with one attached hydrogen (secondary N) is 2. The Kier molecular flexibility index (Phi) is 10.6. The van der Waals surface area contributed by atoms with Crippen LogP contribution in [0.3, 0.4) is 0 Å². The Hall–Kier alpha value is -5.98. The number of ether oxygens (including phenoxy) is 2. The van der Waals surface area contributed by atoms with E-state index in [-0.39, 0.29) is 47.5 Å². The van der Waals surface area contributed by atoms with Gasteiger partial charge in [0.15, 0.2) is 0 Å². The quantitative estimate of drug-likeness (QED) is 0.268. The number of aromatic nitrogens is 1. The molecule has 3 aromatic rings. The van der Waals surface area contributed by atoms with Gasteiger partial charge in [0.05, 0.1) is 43.0 Å². The minimum atomic E-state index is -1.01. The SMILES string of the molecule is CNC(=O)N1CCc2c(-c3cc(OC)c(CN4CC5(CCN(C(C)(C)C#Cc6ccc7c(c6)C(=O)N(C6CCC(=O)NC6=O)C7=O)CC5)C4)c(OC)c3)cn(C)c(=O)c2C1. The highest BCUT2D eigenvalue weighted by molar-refractivity contribution is 6.23. The number of carbonyl (C=O) groups excluding carboxylic acids is 5. The number of imide groups is 2. The summed E-state index contributed by atoms with van der Waals surface area (Å²) in [6.45, 7) is 9.32. The lowest BCUT2D eigenvalue weighted by Gasteiger charge is -2.55. The number of methoxy groups -OCH3 is 2. The summed E-state index contributed by atoms with van der Waals surface area (Å²) in [4.78, 5) is 83.6. The maximum absolute atomic E-state index is 13.3. The molecule has 8 rings (SSSR count). The van der Waals surface area contributed by atoms with Gasteiger partial charge in [0.1, 0.15) is 17.5 Å². The average molecular weight is 818 g/mol. The highest BCUT2D eigenvalue weighted by Crippen LogP contribution is 2.45. The zero-order chi connectivity index (χ0) is 42.7. The van der Waals surface area contributed by atoms with E-state index in [0.717, 1.165) is 77.7 Å². The number of amides is 6. The van der Waals surface area contributed by atoms with Gasteiger partial charge >= 0.3 is 6.03 Å². The fourth-order valence-electron chi connectivity index (χ4n) is 9.62. The first-order valence-electron chi connectivity index (χ1n) is 20.5. The van der Waals surface area contributed by atoms with Gasteiger partial charge in [-0.2, -0.15) is 0 Å². The molecule has 15 heteroatoms. The number of hydrogen-bond acceptors (Lipinski definition) is 10. The predicted molar refractivity (Wildman–Crippen MR) is 221 cm³/mol. The first-order chi connectivity index (χ1) is 28.7. The highest BCUT2D eigenvalue weighted by Gasteiger charge is 2.47. The molecule has 2 aromatic carbocycles. The molecule has 6 heterocycles. The second-order valence-electron chi connectivity index (χ2n) is 17.2. The van der Waals surface area contributed by atoms with E-state index < -0.39 is 35.2 Å². The molecule has 15 nitrogen and oxygen atoms in total. The van der Waals surface area contributed by atoms with Gasteiger partial charge in [-0.25, -0.2) is 4.79 Å². The number of pyridine rings is 1. The minimum Gasteiger partial charge on any atom is -0.496 e. The van der Waals surface area contributed by atoms with Gasteiger partial charge in [0.25, 0.3) is 17.4 Å². The van der Waals surface area contributed by atoms with Crippen LogP contribution in [0.15, 0.2) is 41.3 Å². The molecular formula is C45H51N7O8. The molecule has 2 N–H and O–H groups in total. The van der Waals surface area contributed by atoms with E-state index in [1.807, 2.05) is 18.3 Å². The highest BCUT2D eigenvalue weighted by atomic mass is 16.5.